The van der Waals surface area contributed by atoms with E-state index in [9.17, 15) is 4.79 Å². The zero-order valence-electron chi connectivity index (χ0n) is 7.95. The van der Waals surface area contributed by atoms with Crippen LogP contribution in [0, 0.1) is 5.92 Å². The highest BCUT2D eigenvalue weighted by Gasteiger charge is 2.32. The van der Waals surface area contributed by atoms with Crippen LogP contribution in [0.2, 0.25) is 0 Å². The van der Waals surface area contributed by atoms with E-state index in [0.29, 0.717) is 12.0 Å². The molecular formula is C9H17NOS. The summed E-state index contributed by atoms with van der Waals surface area (Å²) in [7, 11) is 1.88. The van der Waals surface area contributed by atoms with E-state index in [1.54, 1.807) is 0 Å². The van der Waals surface area contributed by atoms with Gasteiger partial charge in [0.25, 0.3) is 0 Å². The maximum atomic E-state index is 11.6. The summed E-state index contributed by atoms with van der Waals surface area (Å²) >= 11 is 4.29. The first kappa shape index (κ1) is 9.90. The number of hydrogen-bond acceptors (Lipinski definition) is 2. The van der Waals surface area contributed by atoms with Gasteiger partial charge in [-0.25, -0.2) is 0 Å². The Balaban J connectivity index is 2.44. The van der Waals surface area contributed by atoms with Gasteiger partial charge < -0.3 is 4.90 Å². The highest BCUT2D eigenvalue weighted by molar-refractivity contribution is 7.81. The van der Waals surface area contributed by atoms with Gasteiger partial charge in [0.1, 0.15) is 0 Å². The van der Waals surface area contributed by atoms with Crippen molar-refractivity contribution in [2.45, 2.75) is 38.0 Å². The molecule has 1 unspecified atom stereocenters. The van der Waals surface area contributed by atoms with E-state index < -0.39 is 0 Å². The van der Waals surface area contributed by atoms with Crippen molar-refractivity contribution >= 4 is 18.5 Å². The maximum absolute atomic E-state index is 11.6. The van der Waals surface area contributed by atoms with E-state index in [2.05, 4.69) is 12.6 Å². The molecule has 1 aliphatic carbocycles. The third kappa shape index (κ3) is 2.16. The lowest BCUT2D eigenvalue weighted by Crippen LogP contribution is -2.37. The number of hydrogen-bond donors (Lipinski definition) is 1. The van der Waals surface area contributed by atoms with Gasteiger partial charge in [-0.1, -0.05) is 13.8 Å². The average Bonchev–Trinajstić information content (AvgIpc) is 2.82. The van der Waals surface area contributed by atoms with Crippen molar-refractivity contribution in [3.63, 3.8) is 0 Å². The fraction of sp³-hybridized carbons (Fsp3) is 0.889. The Hall–Kier alpha value is -0.180. The predicted octanol–water partition coefficient (Wildman–Crippen LogP) is 1.56. The SMILES string of the molecule is CC(C)C(S)C(=O)N(C)C1CC1. The monoisotopic (exact) mass is 187 g/mol. The second-order valence-electron chi connectivity index (χ2n) is 3.87. The molecule has 3 heteroatoms. The lowest BCUT2D eigenvalue weighted by molar-refractivity contribution is -0.130. The predicted molar refractivity (Wildman–Crippen MR) is 53.4 cm³/mol. The third-order valence-electron chi connectivity index (χ3n) is 2.33. The van der Waals surface area contributed by atoms with Gasteiger partial charge in [0.2, 0.25) is 5.91 Å². The van der Waals surface area contributed by atoms with E-state index >= 15 is 0 Å². The molecule has 1 saturated carbocycles. The van der Waals surface area contributed by atoms with Gasteiger partial charge in [-0.3, -0.25) is 4.79 Å². The van der Waals surface area contributed by atoms with Crippen LogP contribution in [0.3, 0.4) is 0 Å². The minimum absolute atomic E-state index is 0.129. The molecule has 0 aromatic carbocycles. The standard InChI is InChI=1S/C9H17NOS/c1-6(2)8(12)9(11)10(3)7-4-5-7/h6-8,12H,4-5H2,1-3H3. The van der Waals surface area contributed by atoms with Crippen LogP contribution in [-0.4, -0.2) is 29.1 Å². The van der Waals surface area contributed by atoms with Crippen molar-refractivity contribution in [2.75, 3.05) is 7.05 Å². The summed E-state index contributed by atoms with van der Waals surface area (Å²) in [5.41, 5.74) is 0. The Labute approximate surface area is 79.7 Å². The van der Waals surface area contributed by atoms with Crippen LogP contribution in [-0.2, 0) is 4.79 Å². The summed E-state index contributed by atoms with van der Waals surface area (Å²) in [4.78, 5) is 13.5. The first-order valence-electron chi connectivity index (χ1n) is 4.48. The van der Waals surface area contributed by atoms with Crippen LogP contribution in [0.25, 0.3) is 0 Å². The highest BCUT2D eigenvalue weighted by Crippen LogP contribution is 2.27. The molecule has 1 fully saturated rings. The van der Waals surface area contributed by atoms with Gasteiger partial charge in [0, 0.05) is 13.1 Å². The van der Waals surface area contributed by atoms with Gasteiger partial charge in [-0.2, -0.15) is 12.6 Å². The Kier molecular flexibility index (Phi) is 3.04. The van der Waals surface area contributed by atoms with Crippen LogP contribution in [0.1, 0.15) is 26.7 Å². The summed E-state index contributed by atoms with van der Waals surface area (Å²) in [5.74, 6) is 0.498. The molecule has 12 heavy (non-hydrogen) atoms. The molecule has 70 valence electrons. The van der Waals surface area contributed by atoms with Crippen LogP contribution in [0.5, 0.6) is 0 Å². The number of carbonyl (C=O) groups is 1. The average molecular weight is 187 g/mol. The van der Waals surface area contributed by atoms with Crippen LogP contribution in [0.15, 0.2) is 0 Å². The second-order valence-corrected chi connectivity index (χ2v) is 4.43. The summed E-state index contributed by atoms with van der Waals surface area (Å²) < 4.78 is 0. The fourth-order valence-corrected chi connectivity index (χ4v) is 1.32. The number of thiol groups is 1. The molecular weight excluding hydrogens is 170 g/mol. The van der Waals surface area contributed by atoms with Gasteiger partial charge in [-0.05, 0) is 18.8 Å². The van der Waals surface area contributed by atoms with Crippen molar-refractivity contribution < 1.29 is 4.79 Å². The van der Waals surface area contributed by atoms with E-state index in [-0.39, 0.29) is 11.2 Å². The van der Waals surface area contributed by atoms with Crippen molar-refractivity contribution in [3.8, 4) is 0 Å². The minimum Gasteiger partial charge on any atom is -0.342 e. The Morgan fingerprint density at radius 2 is 2.00 bits per heavy atom. The molecule has 1 amide bonds. The van der Waals surface area contributed by atoms with Gasteiger partial charge in [0.15, 0.2) is 0 Å². The van der Waals surface area contributed by atoms with E-state index in [1.165, 1.54) is 12.8 Å². The number of amides is 1. The molecule has 0 N–H and O–H groups in total. The number of nitrogens with zero attached hydrogens (tertiary/aromatic N) is 1. The summed E-state index contributed by atoms with van der Waals surface area (Å²) in [6.45, 7) is 4.05. The summed E-state index contributed by atoms with van der Waals surface area (Å²) in [5, 5.41) is -0.129. The lowest BCUT2D eigenvalue weighted by Gasteiger charge is -2.22. The van der Waals surface area contributed by atoms with E-state index in [0.717, 1.165) is 0 Å². The molecule has 0 bridgehead atoms. The van der Waals surface area contributed by atoms with E-state index in [1.807, 2.05) is 25.8 Å². The normalized spacial score (nSPS) is 19.4. The van der Waals surface area contributed by atoms with Crippen molar-refractivity contribution in [1.29, 1.82) is 0 Å². The van der Waals surface area contributed by atoms with Gasteiger partial charge >= 0.3 is 0 Å². The van der Waals surface area contributed by atoms with E-state index in [4.69, 9.17) is 0 Å². The first-order valence-corrected chi connectivity index (χ1v) is 5.00. The molecule has 0 aliphatic heterocycles. The Morgan fingerprint density at radius 3 is 2.33 bits per heavy atom. The molecule has 0 heterocycles. The molecule has 2 nitrogen and oxygen atoms in total. The van der Waals surface area contributed by atoms with Crippen LogP contribution >= 0.6 is 12.6 Å². The first-order chi connectivity index (χ1) is 5.54. The molecule has 0 aromatic heterocycles. The fourth-order valence-electron chi connectivity index (χ4n) is 1.14. The second kappa shape index (κ2) is 3.69. The van der Waals surface area contributed by atoms with Gasteiger partial charge in [0.05, 0.1) is 5.25 Å². The molecule has 0 aromatic rings. The third-order valence-corrected chi connectivity index (χ3v) is 3.14. The molecule has 0 saturated heterocycles. The Bertz CT molecular complexity index is 167. The van der Waals surface area contributed by atoms with Crippen molar-refractivity contribution in [2.24, 2.45) is 5.92 Å². The number of carbonyl (C=O) groups excluding carboxylic acids is 1. The molecule has 0 radical (unpaired) electrons. The van der Waals surface area contributed by atoms with Crippen LogP contribution < -0.4 is 0 Å². The maximum Gasteiger partial charge on any atom is 0.235 e. The van der Waals surface area contributed by atoms with Crippen molar-refractivity contribution in [1.82, 2.24) is 4.90 Å². The zero-order valence-corrected chi connectivity index (χ0v) is 8.84. The zero-order chi connectivity index (χ0) is 9.30. The largest absolute Gasteiger partial charge is 0.342 e. The quantitative estimate of drug-likeness (QED) is 0.665. The molecule has 0 spiro atoms. The van der Waals surface area contributed by atoms with Crippen molar-refractivity contribution in [3.05, 3.63) is 0 Å². The summed E-state index contributed by atoms with van der Waals surface area (Å²) in [6.07, 6.45) is 2.33. The minimum atomic E-state index is -0.129. The molecule has 1 rings (SSSR count). The highest BCUT2D eigenvalue weighted by atomic mass is 32.1. The smallest absolute Gasteiger partial charge is 0.235 e. The lowest BCUT2D eigenvalue weighted by atomic mass is 10.1. The number of rotatable bonds is 3. The molecule has 1 atom stereocenters. The summed E-state index contributed by atoms with van der Waals surface area (Å²) in [6, 6.07) is 0.505. The molecule has 1 aliphatic rings. The topological polar surface area (TPSA) is 20.3 Å². The van der Waals surface area contributed by atoms with Crippen LogP contribution in [0.4, 0.5) is 0 Å². The van der Waals surface area contributed by atoms with Gasteiger partial charge in [-0.15, -0.1) is 0 Å². The Morgan fingerprint density at radius 1 is 1.50 bits per heavy atom.